The molecule has 8 heteroatoms. The molecule has 0 spiro atoms. The Hall–Kier alpha value is -3.29. The summed E-state index contributed by atoms with van der Waals surface area (Å²) in [6.45, 7) is 2.19. The molecule has 0 bridgehead atoms. The van der Waals surface area contributed by atoms with Crippen LogP contribution in [0.2, 0.25) is 0 Å². The lowest BCUT2D eigenvalue weighted by Crippen LogP contribution is -2.36. The minimum atomic E-state index is -4.46. The van der Waals surface area contributed by atoms with Crippen molar-refractivity contribution in [2.75, 3.05) is 6.54 Å². The Bertz CT molecular complexity index is 1080. The molecule has 3 aromatic rings. The van der Waals surface area contributed by atoms with E-state index in [0.29, 0.717) is 17.7 Å². The predicted octanol–water partition coefficient (Wildman–Crippen LogP) is 4.00. The van der Waals surface area contributed by atoms with Crippen LogP contribution in [0.15, 0.2) is 54.7 Å². The van der Waals surface area contributed by atoms with E-state index >= 15 is 0 Å². The van der Waals surface area contributed by atoms with E-state index in [4.69, 9.17) is 4.74 Å². The molecule has 5 nitrogen and oxygen atoms in total. The highest BCUT2D eigenvalue weighted by atomic mass is 19.4. The Morgan fingerprint density at radius 2 is 1.93 bits per heavy atom. The number of nitrogens with zero attached hydrogens (tertiary/aromatic N) is 2. The molecule has 1 amide bonds. The van der Waals surface area contributed by atoms with Crippen LogP contribution in [0.5, 0.6) is 5.75 Å². The van der Waals surface area contributed by atoms with Gasteiger partial charge in [-0.05, 0) is 30.2 Å². The number of aromatic nitrogens is 2. The normalized spacial score (nSPS) is 15.5. The molecule has 30 heavy (non-hydrogen) atoms. The number of amides is 1. The van der Waals surface area contributed by atoms with E-state index in [-0.39, 0.29) is 30.7 Å². The van der Waals surface area contributed by atoms with Gasteiger partial charge in [0, 0.05) is 18.2 Å². The maximum Gasteiger partial charge on any atom is 0.417 e. The Balaban J connectivity index is 1.47. The molecule has 156 valence electrons. The fraction of sp³-hybridized carbons (Fsp3) is 0.273. The average Bonchev–Trinajstić information content (AvgIpc) is 3.31. The number of nitrogens with one attached hydrogen (secondary N) is 1. The van der Waals surface area contributed by atoms with Crippen molar-refractivity contribution in [1.29, 1.82) is 0 Å². The molecule has 0 radical (unpaired) electrons. The van der Waals surface area contributed by atoms with E-state index in [2.05, 4.69) is 10.4 Å². The molecule has 0 fully saturated rings. The zero-order valence-corrected chi connectivity index (χ0v) is 16.2. The first kappa shape index (κ1) is 20.0. The summed E-state index contributed by atoms with van der Waals surface area (Å²) in [6, 6.07) is 12.5. The van der Waals surface area contributed by atoms with Crippen LogP contribution >= 0.6 is 0 Å². The number of para-hydroxylation sites is 1. The van der Waals surface area contributed by atoms with Crippen molar-refractivity contribution in [3.05, 3.63) is 71.5 Å². The number of halogens is 3. The van der Waals surface area contributed by atoms with Crippen LogP contribution in [-0.4, -0.2) is 28.3 Å². The van der Waals surface area contributed by atoms with Gasteiger partial charge in [0.2, 0.25) is 5.91 Å². The highest BCUT2D eigenvalue weighted by Gasteiger charge is 2.35. The lowest BCUT2D eigenvalue weighted by Gasteiger charge is -2.16. The van der Waals surface area contributed by atoms with E-state index in [1.807, 2.05) is 19.1 Å². The van der Waals surface area contributed by atoms with Gasteiger partial charge in [-0.2, -0.15) is 18.3 Å². The summed E-state index contributed by atoms with van der Waals surface area (Å²) in [5.41, 5.74) is 1.44. The standard InChI is InChI=1S/C22H20F3N3O2/c1-14-9-10-28(27-14)13-20(29)26-12-16-11-15-5-4-7-18(21(15)30-16)17-6-2-3-8-19(17)22(23,24)25/h2-10,16H,11-13H2,1H3,(H,26,29)/t16-/m0/s1. The summed E-state index contributed by atoms with van der Waals surface area (Å²) in [5.74, 6) is 0.233. The minimum absolute atomic E-state index is 0.0839. The van der Waals surface area contributed by atoms with Crippen molar-refractivity contribution < 1.29 is 22.7 Å². The molecule has 1 aromatic heterocycles. The second-order valence-electron chi connectivity index (χ2n) is 7.24. The third-order valence-corrected chi connectivity index (χ3v) is 4.96. The largest absolute Gasteiger partial charge is 0.487 e. The van der Waals surface area contributed by atoms with Gasteiger partial charge < -0.3 is 10.1 Å². The zero-order valence-electron chi connectivity index (χ0n) is 16.2. The first-order valence-electron chi connectivity index (χ1n) is 9.53. The summed E-state index contributed by atoms with van der Waals surface area (Å²) in [6.07, 6.45) is -2.57. The van der Waals surface area contributed by atoms with Crippen LogP contribution in [0.1, 0.15) is 16.8 Å². The van der Waals surface area contributed by atoms with E-state index in [9.17, 15) is 18.0 Å². The quantitative estimate of drug-likeness (QED) is 0.686. The smallest absolute Gasteiger partial charge is 0.417 e. The summed E-state index contributed by atoms with van der Waals surface area (Å²) >= 11 is 0. The molecule has 0 saturated heterocycles. The molecule has 1 aliphatic rings. The number of rotatable bonds is 5. The molecule has 2 aromatic carbocycles. The predicted molar refractivity (Wildman–Crippen MR) is 105 cm³/mol. The number of alkyl halides is 3. The number of carbonyl (C=O) groups excluding carboxylic acids is 1. The highest BCUT2D eigenvalue weighted by molar-refractivity contribution is 5.77. The van der Waals surface area contributed by atoms with Gasteiger partial charge in [-0.1, -0.05) is 36.4 Å². The van der Waals surface area contributed by atoms with E-state index in [1.165, 1.54) is 12.1 Å². The Morgan fingerprint density at radius 1 is 1.17 bits per heavy atom. The first-order valence-corrected chi connectivity index (χ1v) is 9.53. The van der Waals surface area contributed by atoms with Crippen molar-refractivity contribution >= 4 is 5.91 Å². The molecule has 2 heterocycles. The Labute approximate surface area is 171 Å². The maximum atomic E-state index is 13.5. The molecule has 0 saturated carbocycles. The van der Waals surface area contributed by atoms with Gasteiger partial charge in [-0.3, -0.25) is 9.48 Å². The van der Waals surface area contributed by atoms with Crippen LogP contribution in [0.3, 0.4) is 0 Å². The Morgan fingerprint density at radius 3 is 2.67 bits per heavy atom. The topological polar surface area (TPSA) is 56.2 Å². The molecular formula is C22H20F3N3O2. The van der Waals surface area contributed by atoms with Gasteiger partial charge in [0.15, 0.2) is 0 Å². The van der Waals surface area contributed by atoms with Crippen LogP contribution in [-0.2, 0) is 23.9 Å². The van der Waals surface area contributed by atoms with Gasteiger partial charge in [0.05, 0.1) is 17.8 Å². The fourth-order valence-corrected chi connectivity index (χ4v) is 3.61. The highest BCUT2D eigenvalue weighted by Crippen LogP contribution is 2.43. The zero-order chi connectivity index (χ0) is 21.3. The molecule has 4 rings (SSSR count). The van der Waals surface area contributed by atoms with E-state index in [0.717, 1.165) is 17.3 Å². The number of hydrogen-bond acceptors (Lipinski definition) is 3. The number of aryl methyl sites for hydroxylation is 1. The summed E-state index contributed by atoms with van der Waals surface area (Å²) in [4.78, 5) is 12.1. The lowest BCUT2D eigenvalue weighted by atomic mass is 9.96. The average molecular weight is 415 g/mol. The number of ether oxygens (including phenoxy) is 1. The van der Waals surface area contributed by atoms with Crippen molar-refractivity contribution in [3.63, 3.8) is 0 Å². The molecule has 1 aliphatic heterocycles. The fourth-order valence-electron chi connectivity index (χ4n) is 3.61. The third kappa shape index (κ3) is 4.17. The molecular weight excluding hydrogens is 395 g/mol. The van der Waals surface area contributed by atoms with Crippen LogP contribution in [0, 0.1) is 6.92 Å². The molecule has 0 aliphatic carbocycles. The van der Waals surface area contributed by atoms with Gasteiger partial charge in [-0.15, -0.1) is 0 Å². The first-order chi connectivity index (χ1) is 14.3. The van der Waals surface area contributed by atoms with Gasteiger partial charge >= 0.3 is 6.18 Å². The molecule has 1 atom stereocenters. The minimum Gasteiger partial charge on any atom is -0.487 e. The monoisotopic (exact) mass is 415 g/mol. The molecule has 0 unspecified atom stereocenters. The second kappa shape index (κ2) is 7.85. The lowest BCUT2D eigenvalue weighted by molar-refractivity contribution is -0.137. The van der Waals surface area contributed by atoms with Crippen LogP contribution < -0.4 is 10.1 Å². The van der Waals surface area contributed by atoms with Gasteiger partial charge in [0.1, 0.15) is 18.4 Å². The number of hydrogen-bond donors (Lipinski definition) is 1. The van der Waals surface area contributed by atoms with Gasteiger partial charge in [0.25, 0.3) is 0 Å². The summed E-state index contributed by atoms with van der Waals surface area (Å²) in [5, 5.41) is 6.98. The van der Waals surface area contributed by atoms with Gasteiger partial charge in [-0.25, -0.2) is 0 Å². The Kier molecular flexibility index (Phi) is 5.24. The number of fused-ring (bicyclic) bond motifs is 1. The second-order valence-corrected chi connectivity index (χ2v) is 7.24. The van der Waals surface area contributed by atoms with Crippen molar-refractivity contribution in [3.8, 4) is 16.9 Å². The maximum absolute atomic E-state index is 13.5. The van der Waals surface area contributed by atoms with Crippen LogP contribution in [0.25, 0.3) is 11.1 Å². The number of carbonyl (C=O) groups is 1. The number of benzene rings is 2. The molecule has 1 N–H and O–H groups in total. The van der Waals surface area contributed by atoms with Crippen molar-refractivity contribution in [2.45, 2.75) is 32.2 Å². The van der Waals surface area contributed by atoms with Crippen molar-refractivity contribution in [1.82, 2.24) is 15.1 Å². The summed E-state index contributed by atoms with van der Waals surface area (Å²) < 4.78 is 47.9. The van der Waals surface area contributed by atoms with E-state index in [1.54, 1.807) is 29.1 Å². The van der Waals surface area contributed by atoms with E-state index < -0.39 is 11.7 Å². The SMILES string of the molecule is Cc1ccn(CC(=O)NC[C@@H]2Cc3cccc(-c4ccccc4C(F)(F)F)c3O2)n1. The third-order valence-electron chi connectivity index (χ3n) is 4.96. The summed E-state index contributed by atoms with van der Waals surface area (Å²) in [7, 11) is 0. The van der Waals surface area contributed by atoms with Crippen molar-refractivity contribution in [2.24, 2.45) is 0 Å². The van der Waals surface area contributed by atoms with Crippen LogP contribution in [0.4, 0.5) is 13.2 Å².